The van der Waals surface area contributed by atoms with E-state index in [0.29, 0.717) is 0 Å². The summed E-state index contributed by atoms with van der Waals surface area (Å²) < 4.78 is 40.7. The molecule has 0 fully saturated rings. The van der Waals surface area contributed by atoms with Crippen LogP contribution in [0, 0.1) is 0 Å². The molecule has 1 heterocycles. The highest BCUT2D eigenvalue weighted by atomic mass is 35.5. The zero-order valence-corrected chi connectivity index (χ0v) is 10.5. The van der Waals surface area contributed by atoms with Gasteiger partial charge >= 0.3 is 6.36 Å². The number of halogens is 4. The average molecular weight is 305 g/mol. The van der Waals surface area contributed by atoms with Crippen LogP contribution in [0.4, 0.5) is 30.4 Å². The summed E-state index contributed by atoms with van der Waals surface area (Å²) >= 11 is 5.60. The molecule has 0 aliphatic carbocycles. The van der Waals surface area contributed by atoms with Crippen LogP contribution in [-0.2, 0) is 0 Å². The Labute approximate surface area is 116 Å². The molecule has 20 heavy (non-hydrogen) atoms. The minimum absolute atomic E-state index is 0.0475. The Morgan fingerprint density at radius 2 is 1.95 bits per heavy atom. The Kier molecular flexibility index (Phi) is 3.84. The maximum Gasteiger partial charge on any atom is 0.573 e. The van der Waals surface area contributed by atoms with Gasteiger partial charge in [-0.25, -0.2) is 4.98 Å². The van der Waals surface area contributed by atoms with E-state index >= 15 is 0 Å². The van der Waals surface area contributed by atoms with E-state index in [9.17, 15) is 13.2 Å². The van der Waals surface area contributed by atoms with Gasteiger partial charge in [-0.2, -0.15) is 4.98 Å². The molecule has 0 saturated carbocycles. The number of nitrogens with one attached hydrogen (secondary N) is 1. The minimum atomic E-state index is -4.80. The summed E-state index contributed by atoms with van der Waals surface area (Å²) in [5, 5.41) is 2.53. The number of hydrogen-bond acceptors (Lipinski definition) is 5. The van der Waals surface area contributed by atoms with Crippen molar-refractivity contribution in [3.8, 4) is 5.75 Å². The Balaban J connectivity index is 2.32. The number of nitrogens with two attached hydrogens (primary N) is 1. The molecule has 0 spiro atoms. The van der Waals surface area contributed by atoms with Gasteiger partial charge < -0.3 is 15.8 Å². The molecule has 1 aromatic heterocycles. The van der Waals surface area contributed by atoms with Crippen molar-refractivity contribution in [2.45, 2.75) is 6.36 Å². The molecule has 0 atom stereocenters. The fourth-order valence-corrected chi connectivity index (χ4v) is 1.51. The summed E-state index contributed by atoms with van der Waals surface area (Å²) in [7, 11) is 0. The molecule has 2 rings (SSSR count). The van der Waals surface area contributed by atoms with Gasteiger partial charge in [0.1, 0.15) is 0 Å². The van der Waals surface area contributed by atoms with Crippen molar-refractivity contribution >= 4 is 28.8 Å². The van der Waals surface area contributed by atoms with E-state index in [1.165, 1.54) is 24.4 Å². The average Bonchev–Trinajstić information content (AvgIpc) is 2.34. The maximum absolute atomic E-state index is 12.3. The van der Waals surface area contributed by atoms with Crippen molar-refractivity contribution in [2.75, 3.05) is 11.1 Å². The number of anilines is 3. The largest absolute Gasteiger partial charge is 0.573 e. The van der Waals surface area contributed by atoms with Gasteiger partial charge in [0, 0.05) is 0 Å². The number of alkyl halides is 3. The van der Waals surface area contributed by atoms with Gasteiger partial charge in [-0.15, -0.1) is 13.2 Å². The minimum Gasteiger partial charge on any atom is -0.404 e. The van der Waals surface area contributed by atoms with E-state index in [4.69, 9.17) is 17.3 Å². The fraction of sp³-hybridized carbons (Fsp3) is 0.0909. The third-order valence-electron chi connectivity index (χ3n) is 2.15. The highest BCUT2D eigenvalue weighted by molar-refractivity contribution is 6.28. The van der Waals surface area contributed by atoms with Gasteiger partial charge in [0.05, 0.1) is 17.6 Å². The molecule has 1 aromatic carbocycles. The van der Waals surface area contributed by atoms with E-state index < -0.39 is 12.1 Å². The van der Waals surface area contributed by atoms with Crippen molar-refractivity contribution in [3.63, 3.8) is 0 Å². The third-order valence-corrected chi connectivity index (χ3v) is 2.34. The number of rotatable bonds is 3. The third kappa shape index (κ3) is 3.64. The fourth-order valence-electron chi connectivity index (χ4n) is 1.38. The van der Waals surface area contributed by atoms with Crippen molar-refractivity contribution in [2.24, 2.45) is 0 Å². The molecule has 0 unspecified atom stereocenters. The lowest BCUT2D eigenvalue weighted by atomic mass is 10.3. The molecule has 0 saturated heterocycles. The number of ether oxygens (including phenoxy) is 1. The molecule has 9 heteroatoms. The lowest BCUT2D eigenvalue weighted by Crippen LogP contribution is -2.18. The SMILES string of the molecule is Nc1cnc(Cl)nc1Nc1ccccc1OC(F)(F)F. The van der Waals surface area contributed by atoms with Gasteiger partial charge in [0.15, 0.2) is 11.6 Å². The van der Waals surface area contributed by atoms with Crippen LogP contribution >= 0.6 is 11.6 Å². The van der Waals surface area contributed by atoms with E-state index in [2.05, 4.69) is 20.0 Å². The van der Waals surface area contributed by atoms with Crippen molar-refractivity contribution in [1.82, 2.24) is 9.97 Å². The highest BCUT2D eigenvalue weighted by Gasteiger charge is 2.32. The van der Waals surface area contributed by atoms with Gasteiger partial charge in [-0.3, -0.25) is 0 Å². The van der Waals surface area contributed by atoms with E-state index in [1.807, 2.05) is 0 Å². The van der Waals surface area contributed by atoms with Gasteiger partial charge in [-0.1, -0.05) is 12.1 Å². The molecular formula is C11H8ClF3N4O. The van der Waals surface area contributed by atoms with Crippen LogP contribution in [0.2, 0.25) is 5.28 Å². The second kappa shape index (κ2) is 5.41. The predicted octanol–water partition coefficient (Wildman–Crippen LogP) is 3.35. The Bertz CT molecular complexity index is 621. The number of para-hydroxylation sites is 2. The monoisotopic (exact) mass is 304 g/mol. The predicted molar refractivity (Wildman–Crippen MR) is 67.9 cm³/mol. The van der Waals surface area contributed by atoms with Crippen LogP contribution in [0.5, 0.6) is 5.75 Å². The maximum atomic E-state index is 12.3. The van der Waals surface area contributed by atoms with Crippen LogP contribution in [0.3, 0.4) is 0 Å². The normalized spacial score (nSPS) is 11.2. The molecule has 2 aromatic rings. The summed E-state index contributed by atoms with van der Waals surface area (Å²) in [6.45, 7) is 0. The molecule has 0 amide bonds. The first-order valence-electron chi connectivity index (χ1n) is 5.25. The zero-order chi connectivity index (χ0) is 14.8. The molecular weight excluding hydrogens is 297 g/mol. The smallest absolute Gasteiger partial charge is 0.404 e. The highest BCUT2D eigenvalue weighted by Crippen LogP contribution is 2.32. The first kappa shape index (κ1) is 14.2. The number of nitrogens with zero attached hydrogens (tertiary/aromatic N) is 2. The summed E-state index contributed by atoms with van der Waals surface area (Å²) in [4.78, 5) is 7.43. The molecule has 106 valence electrons. The van der Waals surface area contributed by atoms with Crippen LogP contribution in [0.25, 0.3) is 0 Å². The molecule has 0 bridgehead atoms. The van der Waals surface area contributed by atoms with Crippen LogP contribution < -0.4 is 15.8 Å². The topological polar surface area (TPSA) is 73.1 Å². The Hall–Kier alpha value is -2.22. The second-order valence-electron chi connectivity index (χ2n) is 3.61. The van der Waals surface area contributed by atoms with E-state index in [1.54, 1.807) is 0 Å². The number of aromatic nitrogens is 2. The Morgan fingerprint density at radius 3 is 2.65 bits per heavy atom. The summed E-state index contributed by atoms with van der Waals surface area (Å²) in [6.07, 6.45) is -3.56. The molecule has 0 aliphatic rings. The van der Waals surface area contributed by atoms with Crippen LogP contribution in [0.15, 0.2) is 30.5 Å². The summed E-state index contributed by atoms with van der Waals surface area (Å²) in [5.74, 6) is -0.322. The number of hydrogen-bond donors (Lipinski definition) is 2. The van der Waals surface area contributed by atoms with Crippen molar-refractivity contribution < 1.29 is 17.9 Å². The van der Waals surface area contributed by atoms with Gasteiger partial charge in [-0.05, 0) is 23.7 Å². The quantitative estimate of drug-likeness (QED) is 0.851. The number of nitrogen functional groups attached to an aromatic ring is 1. The molecule has 0 aliphatic heterocycles. The lowest BCUT2D eigenvalue weighted by molar-refractivity contribution is -0.274. The second-order valence-corrected chi connectivity index (χ2v) is 3.95. The van der Waals surface area contributed by atoms with Gasteiger partial charge in [0.25, 0.3) is 0 Å². The summed E-state index contributed by atoms with van der Waals surface area (Å²) in [6, 6.07) is 5.48. The van der Waals surface area contributed by atoms with Crippen LogP contribution in [0.1, 0.15) is 0 Å². The molecule has 3 N–H and O–H groups in total. The molecule has 0 radical (unpaired) electrons. The zero-order valence-electron chi connectivity index (χ0n) is 9.78. The Morgan fingerprint density at radius 1 is 1.25 bits per heavy atom. The van der Waals surface area contributed by atoms with E-state index in [-0.39, 0.29) is 22.5 Å². The first-order valence-corrected chi connectivity index (χ1v) is 5.63. The van der Waals surface area contributed by atoms with Crippen molar-refractivity contribution in [3.05, 3.63) is 35.7 Å². The van der Waals surface area contributed by atoms with Crippen molar-refractivity contribution in [1.29, 1.82) is 0 Å². The van der Waals surface area contributed by atoms with Crippen LogP contribution in [-0.4, -0.2) is 16.3 Å². The first-order chi connectivity index (χ1) is 9.35. The van der Waals surface area contributed by atoms with E-state index in [0.717, 1.165) is 6.07 Å². The van der Waals surface area contributed by atoms with Gasteiger partial charge in [0.2, 0.25) is 5.28 Å². The standard InChI is InChI=1S/C11H8ClF3N4O/c12-10-17-5-6(16)9(19-10)18-7-3-1-2-4-8(7)20-11(13,14)15/h1-5H,16H2,(H,17,18,19). The number of benzene rings is 1. The summed E-state index contributed by atoms with van der Waals surface area (Å²) in [5.41, 5.74) is 5.79. The lowest BCUT2D eigenvalue weighted by Gasteiger charge is -2.14. The molecule has 5 nitrogen and oxygen atoms in total.